The SMILES string of the molecule is COc1c(Cl)cc(/C(O)=C2\C(=O)C(=O)N(c3ccccc3O)C2c2c[nH]c3ccccc23)cc1Cl. The number of anilines is 1. The molecule has 2 heterocycles. The van der Waals surface area contributed by atoms with Crippen molar-refractivity contribution in [3.05, 3.63) is 93.6 Å². The lowest BCUT2D eigenvalue weighted by atomic mass is 9.94. The third-order valence-electron chi connectivity index (χ3n) is 5.98. The Balaban J connectivity index is 1.80. The fourth-order valence-corrected chi connectivity index (χ4v) is 5.05. The van der Waals surface area contributed by atoms with E-state index >= 15 is 0 Å². The van der Waals surface area contributed by atoms with Crippen molar-refractivity contribution in [1.82, 2.24) is 4.98 Å². The molecule has 3 N–H and O–H groups in total. The molecule has 1 unspecified atom stereocenters. The maximum absolute atomic E-state index is 13.4. The Kier molecular flexibility index (Phi) is 5.67. The van der Waals surface area contributed by atoms with Gasteiger partial charge in [0.2, 0.25) is 0 Å². The number of ketones is 1. The number of halogens is 2. The molecule has 1 aromatic heterocycles. The van der Waals surface area contributed by atoms with E-state index in [1.54, 1.807) is 18.3 Å². The molecule has 35 heavy (non-hydrogen) atoms. The molecule has 0 aliphatic carbocycles. The number of phenols is 1. The zero-order chi connectivity index (χ0) is 24.9. The smallest absolute Gasteiger partial charge is 0.300 e. The fourth-order valence-electron chi connectivity index (χ4n) is 4.41. The Morgan fingerprint density at radius 2 is 1.69 bits per heavy atom. The van der Waals surface area contributed by atoms with E-state index in [-0.39, 0.29) is 38.4 Å². The summed E-state index contributed by atoms with van der Waals surface area (Å²) in [5.74, 6) is -2.23. The third-order valence-corrected chi connectivity index (χ3v) is 6.54. The number of carbonyl (C=O) groups is 2. The number of hydrogen-bond donors (Lipinski definition) is 3. The van der Waals surface area contributed by atoms with E-state index in [0.717, 1.165) is 10.9 Å². The van der Waals surface area contributed by atoms with Crippen molar-refractivity contribution in [1.29, 1.82) is 0 Å². The Bertz CT molecular complexity index is 1520. The van der Waals surface area contributed by atoms with Crippen LogP contribution in [0.3, 0.4) is 0 Å². The predicted molar refractivity (Wildman–Crippen MR) is 134 cm³/mol. The molecule has 1 saturated heterocycles. The number of aromatic amines is 1. The van der Waals surface area contributed by atoms with Crippen molar-refractivity contribution >= 4 is 57.2 Å². The molecule has 0 spiro atoms. The second-order valence-electron chi connectivity index (χ2n) is 7.92. The number of carbonyl (C=O) groups excluding carboxylic acids is 2. The molecule has 0 bridgehead atoms. The highest BCUT2D eigenvalue weighted by Crippen LogP contribution is 2.47. The fraction of sp³-hybridized carbons (Fsp3) is 0.0769. The molecule has 1 fully saturated rings. The van der Waals surface area contributed by atoms with Gasteiger partial charge in [-0.15, -0.1) is 0 Å². The van der Waals surface area contributed by atoms with E-state index in [1.807, 2.05) is 24.3 Å². The number of phenolic OH excluding ortho intramolecular Hbond substituents is 1. The van der Waals surface area contributed by atoms with Crippen LogP contribution in [0.1, 0.15) is 17.2 Å². The van der Waals surface area contributed by atoms with Crippen LogP contribution >= 0.6 is 23.2 Å². The third kappa shape index (κ3) is 3.60. The summed E-state index contributed by atoms with van der Waals surface area (Å²) < 4.78 is 5.17. The molecule has 176 valence electrons. The molecule has 0 saturated carbocycles. The van der Waals surface area contributed by atoms with Crippen LogP contribution in [0, 0.1) is 0 Å². The number of aliphatic hydroxyl groups excluding tert-OH is 1. The number of aromatic nitrogens is 1. The highest BCUT2D eigenvalue weighted by atomic mass is 35.5. The van der Waals surface area contributed by atoms with Crippen LogP contribution < -0.4 is 9.64 Å². The van der Waals surface area contributed by atoms with Gasteiger partial charge in [0.15, 0.2) is 5.75 Å². The first kappa shape index (κ1) is 22.8. The van der Waals surface area contributed by atoms with Crippen molar-refractivity contribution in [3.8, 4) is 11.5 Å². The summed E-state index contributed by atoms with van der Waals surface area (Å²) in [5, 5.41) is 22.9. The largest absolute Gasteiger partial charge is 0.507 e. The van der Waals surface area contributed by atoms with Crippen LogP contribution in [-0.2, 0) is 9.59 Å². The number of ether oxygens (including phenoxy) is 1. The highest BCUT2D eigenvalue weighted by Gasteiger charge is 2.48. The van der Waals surface area contributed by atoms with Gasteiger partial charge in [-0.3, -0.25) is 14.5 Å². The van der Waals surface area contributed by atoms with Gasteiger partial charge in [-0.05, 0) is 30.3 Å². The lowest BCUT2D eigenvalue weighted by Crippen LogP contribution is -2.29. The van der Waals surface area contributed by atoms with Crippen LogP contribution in [0.25, 0.3) is 16.7 Å². The Morgan fingerprint density at radius 1 is 1.03 bits per heavy atom. The van der Waals surface area contributed by atoms with Gasteiger partial charge >= 0.3 is 0 Å². The second-order valence-corrected chi connectivity index (χ2v) is 8.73. The number of H-pyrrole nitrogens is 1. The number of methoxy groups -OCH3 is 1. The van der Waals surface area contributed by atoms with Crippen LogP contribution in [0.2, 0.25) is 10.0 Å². The van der Waals surface area contributed by atoms with Gasteiger partial charge < -0.3 is 19.9 Å². The summed E-state index contributed by atoms with van der Waals surface area (Å²) in [7, 11) is 1.40. The number of fused-ring (bicyclic) bond motifs is 1. The van der Waals surface area contributed by atoms with Crippen molar-refractivity contribution in [2.45, 2.75) is 6.04 Å². The van der Waals surface area contributed by atoms with Crippen molar-refractivity contribution in [2.24, 2.45) is 0 Å². The second kappa shape index (κ2) is 8.69. The number of amides is 1. The van der Waals surface area contributed by atoms with Crippen molar-refractivity contribution in [3.63, 3.8) is 0 Å². The van der Waals surface area contributed by atoms with Crippen molar-refractivity contribution < 1.29 is 24.5 Å². The van der Waals surface area contributed by atoms with E-state index in [2.05, 4.69) is 4.98 Å². The molecule has 1 aliphatic rings. The van der Waals surface area contributed by atoms with E-state index in [9.17, 15) is 19.8 Å². The number of benzene rings is 3. The minimum Gasteiger partial charge on any atom is -0.507 e. The number of nitrogens with zero attached hydrogens (tertiary/aromatic N) is 1. The Labute approximate surface area is 209 Å². The normalized spacial score (nSPS) is 17.3. The monoisotopic (exact) mass is 508 g/mol. The quantitative estimate of drug-likeness (QED) is 0.183. The maximum Gasteiger partial charge on any atom is 0.300 e. The van der Waals surface area contributed by atoms with Gasteiger partial charge in [-0.1, -0.05) is 53.5 Å². The molecule has 4 aromatic rings. The van der Waals surface area contributed by atoms with Gasteiger partial charge in [-0.2, -0.15) is 0 Å². The molecule has 1 aliphatic heterocycles. The number of nitrogens with one attached hydrogen (secondary N) is 1. The predicted octanol–water partition coefficient (Wildman–Crippen LogP) is 5.82. The first-order valence-corrected chi connectivity index (χ1v) is 11.3. The molecular weight excluding hydrogens is 491 g/mol. The van der Waals surface area contributed by atoms with Crippen LogP contribution in [0.15, 0.2) is 72.4 Å². The Hall–Kier alpha value is -3.94. The molecule has 1 amide bonds. The standard InChI is InChI=1S/C26H18Cl2N2O5/c1-35-25-16(27)10-13(11-17(25)28)23(32)21-22(15-12-29-18-7-3-2-6-14(15)18)30(26(34)24(21)33)19-8-4-5-9-20(19)31/h2-12,22,29,31-32H,1H3/b23-21+. The zero-order valence-electron chi connectivity index (χ0n) is 18.3. The lowest BCUT2D eigenvalue weighted by Gasteiger charge is -2.25. The topological polar surface area (TPSA) is 103 Å². The minimum absolute atomic E-state index is 0.125. The first-order valence-electron chi connectivity index (χ1n) is 10.5. The van der Waals surface area contributed by atoms with Gasteiger partial charge in [0, 0.05) is 28.2 Å². The first-order chi connectivity index (χ1) is 16.8. The van der Waals surface area contributed by atoms with Crippen LogP contribution in [0.4, 0.5) is 5.69 Å². The summed E-state index contributed by atoms with van der Waals surface area (Å²) in [6.07, 6.45) is 1.68. The molecule has 7 nitrogen and oxygen atoms in total. The maximum atomic E-state index is 13.4. The molecule has 5 rings (SSSR count). The number of aromatic hydroxyl groups is 1. The number of aliphatic hydroxyl groups is 1. The minimum atomic E-state index is -1.04. The molecule has 3 aromatic carbocycles. The van der Waals surface area contributed by atoms with Crippen LogP contribution in [0.5, 0.6) is 11.5 Å². The van der Waals surface area contributed by atoms with E-state index in [1.165, 1.54) is 36.3 Å². The summed E-state index contributed by atoms with van der Waals surface area (Å²) in [6.45, 7) is 0. The lowest BCUT2D eigenvalue weighted by molar-refractivity contribution is -0.132. The van der Waals surface area contributed by atoms with E-state index < -0.39 is 23.5 Å². The zero-order valence-corrected chi connectivity index (χ0v) is 19.8. The van der Waals surface area contributed by atoms with E-state index in [0.29, 0.717) is 5.56 Å². The molecule has 0 radical (unpaired) electrons. The molecular formula is C26H18Cl2N2O5. The molecule has 1 atom stereocenters. The molecule has 9 heteroatoms. The van der Waals surface area contributed by atoms with Gasteiger partial charge in [0.1, 0.15) is 11.5 Å². The summed E-state index contributed by atoms with van der Waals surface area (Å²) in [5.41, 5.74) is 1.45. The number of para-hydroxylation sites is 3. The summed E-state index contributed by atoms with van der Waals surface area (Å²) in [6, 6.07) is 15.3. The summed E-state index contributed by atoms with van der Waals surface area (Å²) in [4.78, 5) is 31.0. The number of Topliss-reactive ketones (excluding diaryl/α,β-unsaturated/α-hetero) is 1. The van der Waals surface area contributed by atoms with Gasteiger partial charge in [0.25, 0.3) is 11.7 Å². The number of rotatable bonds is 4. The summed E-state index contributed by atoms with van der Waals surface area (Å²) >= 11 is 12.5. The average Bonchev–Trinajstić information content (AvgIpc) is 3.37. The number of hydrogen-bond acceptors (Lipinski definition) is 5. The van der Waals surface area contributed by atoms with Gasteiger partial charge in [0.05, 0.1) is 34.5 Å². The Morgan fingerprint density at radius 3 is 2.37 bits per heavy atom. The van der Waals surface area contributed by atoms with E-state index in [4.69, 9.17) is 27.9 Å². The van der Waals surface area contributed by atoms with Crippen molar-refractivity contribution in [2.75, 3.05) is 12.0 Å². The average molecular weight is 509 g/mol. The van der Waals surface area contributed by atoms with Crippen LogP contribution in [-0.4, -0.2) is 34.0 Å². The van der Waals surface area contributed by atoms with Gasteiger partial charge in [-0.25, -0.2) is 0 Å². The highest BCUT2D eigenvalue weighted by molar-refractivity contribution is 6.52.